The number of benzene rings is 3. The Morgan fingerprint density at radius 3 is 2.08 bits per heavy atom. The lowest BCUT2D eigenvalue weighted by Crippen LogP contribution is -2.10. The van der Waals surface area contributed by atoms with E-state index >= 15 is 0 Å². The van der Waals surface area contributed by atoms with Gasteiger partial charge in [0.15, 0.2) is 11.5 Å². The maximum Gasteiger partial charge on any atom is 0.331 e. The molecule has 1 atom stereocenters. The van der Waals surface area contributed by atoms with Crippen LogP contribution in [-0.4, -0.2) is 19.0 Å². The van der Waals surface area contributed by atoms with Gasteiger partial charge in [0.25, 0.3) is 0 Å². The molecule has 1 aliphatic carbocycles. The van der Waals surface area contributed by atoms with Crippen molar-refractivity contribution in [3.8, 4) is 11.5 Å². The fraction of sp³-hybridized carbons (Fsp3) is 0.226. The molecule has 1 saturated carbocycles. The third kappa shape index (κ3) is 9.26. The number of carbonyl (C=O) groups excluding carboxylic acids is 2. The van der Waals surface area contributed by atoms with Crippen LogP contribution < -0.4 is 9.47 Å². The number of para-hydroxylation sites is 1. The van der Waals surface area contributed by atoms with Crippen molar-refractivity contribution in [1.29, 1.82) is 0 Å². The molecule has 0 N–H and O–H groups in total. The first-order valence-electron chi connectivity index (χ1n) is 12.1. The summed E-state index contributed by atoms with van der Waals surface area (Å²) in [5.74, 6) is 0.893. The van der Waals surface area contributed by atoms with Crippen LogP contribution in [0, 0.1) is 0 Å². The molecule has 36 heavy (non-hydrogen) atoms. The van der Waals surface area contributed by atoms with Crippen molar-refractivity contribution in [3.63, 3.8) is 0 Å². The van der Waals surface area contributed by atoms with Gasteiger partial charge in [0.1, 0.15) is 12.4 Å². The normalized spacial score (nSPS) is 13.7. The molecule has 1 aliphatic heterocycles. The number of rotatable bonds is 7. The zero-order valence-corrected chi connectivity index (χ0v) is 20.5. The summed E-state index contributed by atoms with van der Waals surface area (Å²) in [7, 11) is 0. The number of carbonyl (C=O) groups is 2. The van der Waals surface area contributed by atoms with Crippen molar-refractivity contribution in [3.05, 3.63) is 108 Å². The van der Waals surface area contributed by atoms with E-state index in [1.165, 1.54) is 32.3 Å². The number of fused-ring (bicyclic) bond motifs is 1. The van der Waals surface area contributed by atoms with Crippen molar-refractivity contribution in [1.82, 2.24) is 0 Å². The van der Waals surface area contributed by atoms with Crippen LogP contribution in [0.3, 0.4) is 0 Å². The van der Waals surface area contributed by atoms with E-state index in [1.54, 1.807) is 6.08 Å². The van der Waals surface area contributed by atoms with Gasteiger partial charge in [0.05, 0.1) is 0 Å². The third-order valence-electron chi connectivity index (χ3n) is 5.06. The maximum atomic E-state index is 12.5. The van der Waals surface area contributed by atoms with Gasteiger partial charge in [-0.25, -0.2) is 4.79 Å². The quantitative estimate of drug-likeness (QED) is 0.202. The Bertz CT molecular complexity index is 1130. The van der Waals surface area contributed by atoms with Crippen molar-refractivity contribution in [2.75, 3.05) is 6.79 Å². The van der Waals surface area contributed by atoms with Gasteiger partial charge in [-0.1, -0.05) is 104 Å². The van der Waals surface area contributed by atoms with Gasteiger partial charge in [-0.15, -0.1) is 0 Å². The van der Waals surface area contributed by atoms with Crippen molar-refractivity contribution in [2.45, 2.75) is 38.7 Å². The van der Waals surface area contributed by atoms with E-state index in [9.17, 15) is 4.79 Å². The molecule has 0 radical (unpaired) electrons. The Kier molecular flexibility index (Phi) is 11.0. The van der Waals surface area contributed by atoms with Crippen molar-refractivity contribution >= 4 is 24.4 Å². The lowest BCUT2D eigenvalue weighted by atomic mass is 10.0. The summed E-state index contributed by atoms with van der Waals surface area (Å²) in [5, 5.41) is 0. The van der Waals surface area contributed by atoms with Crippen molar-refractivity contribution in [2.24, 2.45) is 0 Å². The lowest BCUT2D eigenvalue weighted by Gasteiger charge is -2.17. The van der Waals surface area contributed by atoms with Gasteiger partial charge in [-0.3, -0.25) is 0 Å². The van der Waals surface area contributed by atoms with Crippen LogP contribution in [0.5, 0.6) is 11.5 Å². The molecule has 0 spiro atoms. The molecule has 1 heterocycles. The third-order valence-corrected chi connectivity index (χ3v) is 5.06. The molecule has 0 aromatic heterocycles. The smallest absolute Gasteiger partial charge is 0.331 e. The zero-order chi connectivity index (χ0) is 25.4. The molecule has 3 aromatic rings. The topological polar surface area (TPSA) is 61.8 Å². The number of esters is 1. The summed E-state index contributed by atoms with van der Waals surface area (Å²) in [6.45, 7) is 1.61. The van der Waals surface area contributed by atoms with Crippen LogP contribution in [0.2, 0.25) is 0 Å². The second-order valence-corrected chi connectivity index (χ2v) is 8.10. The van der Waals surface area contributed by atoms with Crippen molar-refractivity contribution < 1.29 is 23.8 Å². The highest BCUT2D eigenvalue weighted by Gasteiger charge is 2.25. The van der Waals surface area contributed by atoms with E-state index in [2.05, 4.69) is 0 Å². The molecule has 5 rings (SSSR count). The van der Waals surface area contributed by atoms with Gasteiger partial charge in [0.2, 0.25) is 6.79 Å². The highest BCUT2D eigenvalue weighted by atomic mass is 16.7. The Morgan fingerprint density at radius 1 is 0.861 bits per heavy atom. The van der Waals surface area contributed by atoms with Crippen LogP contribution in [0.4, 0.5) is 0 Å². The van der Waals surface area contributed by atoms with Crippen LogP contribution >= 0.6 is 0 Å². The predicted octanol–water partition coefficient (Wildman–Crippen LogP) is 7.19. The molecule has 0 bridgehead atoms. The van der Waals surface area contributed by atoms with Crippen LogP contribution in [0.25, 0.3) is 12.2 Å². The average Bonchev–Trinajstić information content (AvgIpc) is 3.72. The number of hydrogen-bond acceptors (Lipinski definition) is 5. The SMILES string of the molecule is C1CC1.CC=O.O=C(/C=C/c1ccccc1)OC(C/C=C/c1ccccc1)c1cccc2c1OCO2. The van der Waals surface area contributed by atoms with Gasteiger partial charge in [-0.2, -0.15) is 0 Å². The second-order valence-electron chi connectivity index (χ2n) is 8.10. The standard InChI is InChI=1S/C26H22O4.C3H6.C2H4O/c27-25(18-17-21-11-5-2-6-12-21)30-23(15-7-13-20-9-3-1-4-10-20)22-14-8-16-24-26(22)29-19-28-24;1-2-3-1;1-2-3/h1-14,16-18,23H,15,19H2;1-3H2;2H,1H3/b13-7+,18-17+;;. The summed E-state index contributed by atoms with van der Waals surface area (Å²) >= 11 is 0. The van der Waals surface area contributed by atoms with E-state index < -0.39 is 12.1 Å². The molecule has 186 valence electrons. The first kappa shape index (κ1) is 26.5. The first-order chi connectivity index (χ1) is 17.7. The molecular weight excluding hydrogens is 452 g/mol. The van der Waals surface area contributed by atoms with Crippen LogP contribution in [-0.2, 0) is 14.3 Å². The minimum Gasteiger partial charge on any atom is -0.454 e. The van der Waals surface area contributed by atoms with E-state index in [4.69, 9.17) is 19.0 Å². The highest BCUT2D eigenvalue weighted by Crippen LogP contribution is 2.40. The second kappa shape index (κ2) is 15.0. The Morgan fingerprint density at radius 2 is 1.47 bits per heavy atom. The molecule has 1 fully saturated rings. The Labute approximate surface area is 213 Å². The summed E-state index contributed by atoms with van der Waals surface area (Å²) < 4.78 is 16.9. The minimum atomic E-state index is -0.491. The molecule has 0 saturated heterocycles. The van der Waals surface area contributed by atoms with Gasteiger partial charge in [-0.05, 0) is 30.2 Å². The van der Waals surface area contributed by atoms with E-state index in [-0.39, 0.29) is 6.79 Å². The molecule has 1 unspecified atom stereocenters. The van der Waals surface area contributed by atoms with Gasteiger partial charge < -0.3 is 19.0 Å². The van der Waals surface area contributed by atoms with E-state index in [0.29, 0.717) is 17.9 Å². The summed E-state index contributed by atoms with van der Waals surface area (Å²) in [6.07, 6.45) is 12.5. The molecule has 5 heteroatoms. The van der Waals surface area contributed by atoms with Gasteiger partial charge in [0, 0.05) is 18.1 Å². The lowest BCUT2D eigenvalue weighted by molar-refractivity contribution is -0.143. The number of ether oxygens (including phenoxy) is 3. The molecule has 0 amide bonds. The van der Waals surface area contributed by atoms with E-state index in [0.717, 1.165) is 23.0 Å². The Hall–Kier alpha value is -4.12. The van der Waals surface area contributed by atoms with Crippen LogP contribution in [0.1, 0.15) is 55.4 Å². The Balaban J connectivity index is 0.000000537. The zero-order valence-electron chi connectivity index (χ0n) is 20.5. The van der Waals surface area contributed by atoms with Gasteiger partial charge >= 0.3 is 5.97 Å². The van der Waals surface area contributed by atoms with E-state index in [1.807, 2.05) is 91.0 Å². The number of aldehydes is 1. The molecule has 2 aliphatic rings. The largest absolute Gasteiger partial charge is 0.454 e. The molecule has 5 nitrogen and oxygen atoms in total. The monoisotopic (exact) mass is 484 g/mol. The summed E-state index contributed by atoms with van der Waals surface area (Å²) in [6, 6.07) is 25.3. The van der Waals surface area contributed by atoms with Crippen LogP contribution in [0.15, 0.2) is 91.0 Å². The predicted molar refractivity (Wildman–Crippen MR) is 143 cm³/mol. The molecular formula is C31H32O5. The number of hydrogen-bond donors (Lipinski definition) is 0. The first-order valence-corrected chi connectivity index (χ1v) is 12.1. The maximum absolute atomic E-state index is 12.5. The summed E-state index contributed by atoms with van der Waals surface area (Å²) in [4.78, 5) is 21.3. The summed E-state index contributed by atoms with van der Waals surface area (Å²) in [5.41, 5.74) is 2.82. The fourth-order valence-corrected chi connectivity index (χ4v) is 3.24. The average molecular weight is 485 g/mol. The minimum absolute atomic E-state index is 0.167. The fourth-order valence-electron chi connectivity index (χ4n) is 3.24. The highest BCUT2D eigenvalue weighted by molar-refractivity contribution is 5.87. The molecule has 3 aromatic carbocycles.